The van der Waals surface area contributed by atoms with Crippen LogP contribution in [0, 0.1) is 5.92 Å². The van der Waals surface area contributed by atoms with Crippen molar-refractivity contribution in [3.63, 3.8) is 0 Å². The van der Waals surface area contributed by atoms with E-state index >= 15 is 0 Å². The van der Waals surface area contributed by atoms with Crippen LogP contribution in [-0.4, -0.2) is 20.2 Å². The second kappa shape index (κ2) is 4.30. The summed E-state index contributed by atoms with van der Waals surface area (Å²) in [6.45, 7) is 4.11. The van der Waals surface area contributed by atoms with Gasteiger partial charge in [-0.1, -0.05) is 44.2 Å². The topological polar surface area (TPSA) is 63.6 Å². The van der Waals surface area contributed by atoms with E-state index < -0.39 is 0 Å². The number of aromatic nitrogens is 4. The van der Waals surface area contributed by atoms with Gasteiger partial charge < -0.3 is 0 Å². The lowest BCUT2D eigenvalue weighted by molar-refractivity contribution is 0.386. The number of H-pyrrole nitrogens is 1. The van der Waals surface area contributed by atoms with E-state index in [9.17, 15) is 4.79 Å². The van der Waals surface area contributed by atoms with Gasteiger partial charge in [0.2, 0.25) is 0 Å². The molecule has 1 aromatic carbocycles. The minimum atomic E-state index is -0.275. The summed E-state index contributed by atoms with van der Waals surface area (Å²) >= 11 is 0. The van der Waals surface area contributed by atoms with E-state index in [2.05, 4.69) is 29.4 Å². The Kier molecular flexibility index (Phi) is 2.85. The Bertz CT molecular complexity index is 500. The average molecular weight is 218 g/mol. The molecule has 1 aromatic heterocycles. The minimum Gasteiger partial charge on any atom is -0.244 e. The molecule has 1 N–H and O–H groups in total. The summed E-state index contributed by atoms with van der Waals surface area (Å²) in [5, 5.41) is 9.66. The maximum absolute atomic E-state index is 11.5. The van der Waals surface area contributed by atoms with E-state index in [4.69, 9.17) is 0 Å². The second-order valence-corrected chi connectivity index (χ2v) is 4.05. The average Bonchev–Trinajstić information content (AvgIpc) is 2.66. The number of hydrogen-bond acceptors (Lipinski definition) is 3. The maximum Gasteiger partial charge on any atom is 0.361 e. The number of hydrogen-bond donors (Lipinski definition) is 1. The summed E-state index contributed by atoms with van der Waals surface area (Å²) in [6, 6.07) is 9.77. The Morgan fingerprint density at radius 1 is 1.25 bits per heavy atom. The first-order valence-electron chi connectivity index (χ1n) is 5.25. The molecule has 0 radical (unpaired) electrons. The maximum atomic E-state index is 11.5. The smallest absolute Gasteiger partial charge is 0.244 e. The summed E-state index contributed by atoms with van der Waals surface area (Å²) in [4.78, 5) is 11.5. The monoisotopic (exact) mass is 218 g/mol. The molecule has 0 aliphatic heterocycles. The summed E-state index contributed by atoms with van der Waals surface area (Å²) in [7, 11) is 0. The molecule has 5 heteroatoms. The largest absolute Gasteiger partial charge is 0.361 e. The fourth-order valence-corrected chi connectivity index (χ4v) is 1.85. The third kappa shape index (κ3) is 1.88. The van der Waals surface area contributed by atoms with Gasteiger partial charge in [0.1, 0.15) is 0 Å². The first-order valence-corrected chi connectivity index (χ1v) is 5.25. The number of rotatable bonds is 3. The molecule has 0 amide bonds. The molecule has 0 aliphatic rings. The molecule has 0 unspecified atom stereocenters. The Labute approximate surface area is 93.1 Å². The Morgan fingerprint density at radius 2 is 1.94 bits per heavy atom. The standard InChI is InChI=1S/C11H14N4O/c1-8(2)10(9-6-4-3-5-7-9)15-11(16)12-13-14-15/h3-8,10H,1-2H3,(H,12,14,16)/t10-/m1/s1. The molecule has 1 atom stereocenters. The molecule has 1 heterocycles. The van der Waals surface area contributed by atoms with Gasteiger partial charge in [-0.05, 0) is 21.9 Å². The summed E-state index contributed by atoms with van der Waals surface area (Å²) < 4.78 is 1.39. The summed E-state index contributed by atoms with van der Waals surface area (Å²) in [5.74, 6) is 0.269. The van der Waals surface area contributed by atoms with Crippen molar-refractivity contribution in [1.29, 1.82) is 0 Å². The molecule has 0 fully saturated rings. The molecule has 0 bridgehead atoms. The van der Waals surface area contributed by atoms with Crippen LogP contribution in [-0.2, 0) is 0 Å². The van der Waals surface area contributed by atoms with Crippen molar-refractivity contribution in [2.45, 2.75) is 19.9 Å². The predicted molar refractivity (Wildman–Crippen MR) is 60.1 cm³/mol. The second-order valence-electron chi connectivity index (χ2n) is 4.05. The van der Waals surface area contributed by atoms with Gasteiger partial charge in [-0.2, -0.15) is 4.68 Å². The Morgan fingerprint density at radius 3 is 2.44 bits per heavy atom. The summed E-state index contributed by atoms with van der Waals surface area (Å²) in [5.41, 5.74) is 0.788. The van der Waals surface area contributed by atoms with Crippen LogP contribution in [0.25, 0.3) is 0 Å². The first kappa shape index (κ1) is 10.6. The van der Waals surface area contributed by atoms with E-state index in [-0.39, 0.29) is 17.6 Å². The zero-order chi connectivity index (χ0) is 11.5. The highest BCUT2D eigenvalue weighted by Crippen LogP contribution is 2.23. The van der Waals surface area contributed by atoms with Crippen molar-refractivity contribution >= 4 is 0 Å². The first-order chi connectivity index (χ1) is 7.70. The van der Waals surface area contributed by atoms with Crippen molar-refractivity contribution in [2.24, 2.45) is 5.92 Å². The SMILES string of the molecule is CC(C)[C@H](c1ccccc1)n1nn[nH]c1=O. The van der Waals surface area contributed by atoms with Gasteiger partial charge in [0.15, 0.2) is 0 Å². The van der Waals surface area contributed by atoms with Crippen molar-refractivity contribution in [2.75, 3.05) is 0 Å². The van der Waals surface area contributed by atoms with Crippen LogP contribution in [0.2, 0.25) is 0 Å². The molecule has 16 heavy (non-hydrogen) atoms. The molecule has 0 aliphatic carbocycles. The molecule has 2 rings (SSSR count). The lowest BCUT2D eigenvalue weighted by Gasteiger charge is -2.19. The van der Waals surface area contributed by atoms with E-state index in [0.29, 0.717) is 0 Å². The van der Waals surface area contributed by atoms with Crippen molar-refractivity contribution < 1.29 is 0 Å². The Balaban J connectivity index is 2.48. The van der Waals surface area contributed by atoms with E-state index in [1.54, 1.807) is 0 Å². The molecule has 5 nitrogen and oxygen atoms in total. The van der Waals surface area contributed by atoms with E-state index in [1.807, 2.05) is 30.3 Å². The van der Waals surface area contributed by atoms with Crippen molar-refractivity contribution in [3.8, 4) is 0 Å². The molecule has 0 spiro atoms. The lowest BCUT2D eigenvalue weighted by Crippen LogP contribution is -2.27. The minimum absolute atomic E-state index is 0.0764. The lowest BCUT2D eigenvalue weighted by atomic mass is 9.96. The van der Waals surface area contributed by atoms with Crippen molar-refractivity contribution in [1.82, 2.24) is 20.2 Å². The quantitative estimate of drug-likeness (QED) is 0.842. The van der Waals surface area contributed by atoms with Crippen LogP contribution in [0.4, 0.5) is 0 Å². The van der Waals surface area contributed by atoms with Gasteiger partial charge in [-0.3, -0.25) is 0 Å². The highest BCUT2D eigenvalue weighted by atomic mass is 16.2. The van der Waals surface area contributed by atoms with Crippen molar-refractivity contribution in [3.05, 3.63) is 46.4 Å². The number of benzene rings is 1. The van der Waals surface area contributed by atoms with Crippen LogP contribution >= 0.6 is 0 Å². The van der Waals surface area contributed by atoms with Gasteiger partial charge in [-0.15, -0.1) is 0 Å². The van der Waals surface area contributed by atoms with E-state index in [0.717, 1.165) is 5.56 Å². The third-order valence-corrected chi connectivity index (χ3v) is 2.53. The molecule has 0 saturated heterocycles. The van der Waals surface area contributed by atoms with Gasteiger partial charge in [0.25, 0.3) is 0 Å². The fourth-order valence-electron chi connectivity index (χ4n) is 1.85. The zero-order valence-corrected chi connectivity index (χ0v) is 9.29. The van der Waals surface area contributed by atoms with Gasteiger partial charge in [0, 0.05) is 0 Å². The van der Waals surface area contributed by atoms with E-state index in [1.165, 1.54) is 4.68 Å². The van der Waals surface area contributed by atoms with Gasteiger partial charge in [-0.25, -0.2) is 9.89 Å². The van der Waals surface area contributed by atoms with Crippen LogP contribution in [0.15, 0.2) is 35.1 Å². The molecule has 84 valence electrons. The molecule has 2 aromatic rings. The fraction of sp³-hybridized carbons (Fsp3) is 0.364. The highest BCUT2D eigenvalue weighted by Gasteiger charge is 2.20. The number of nitrogens with one attached hydrogen (secondary N) is 1. The zero-order valence-electron chi connectivity index (χ0n) is 9.29. The normalized spacial score (nSPS) is 12.9. The Hall–Kier alpha value is -1.91. The van der Waals surface area contributed by atoms with Crippen LogP contribution in [0.1, 0.15) is 25.5 Å². The van der Waals surface area contributed by atoms with Crippen LogP contribution < -0.4 is 5.69 Å². The summed E-state index contributed by atoms with van der Waals surface area (Å²) in [6.07, 6.45) is 0. The molecular weight excluding hydrogens is 204 g/mol. The third-order valence-electron chi connectivity index (χ3n) is 2.53. The predicted octanol–water partition coefficient (Wildman–Crippen LogP) is 1.21. The molecule has 0 saturated carbocycles. The van der Waals surface area contributed by atoms with Crippen LogP contribution in [0.5, 0.6) is 0 Å². The molecular formula is C11H14N4O. The number of aromatic amines is 1. The van der Waals surface area contributed by atoms with Crippen LogP contribution in [0.3, 0.4) is 0 Å². The van der Waals surface area contributed by atoms with Gasteiger partial charge in [0.05, 0.1) is 6.04 Å². The number of nitrogens with zero attached hydrogens (tertiary/aromatic N) is 3. The highest BCUT2D eigenvalue weighted by molar-refractivity contribution is 5.19. The number of tetrazole rings is 1. The van der Waals surface area contributed by atoms with Gasteiger partial charge >= 0.3 is 5.69 Å².